The molecule has 2 heterocycles. The predicted octanol–water partition coefficient (Wildman–Crippen LogP) is 5.58. The van der Waals surface area contributed by atoms with E-state index in [1.807, 2.05) is 42.2 Å². The van der Waals surface area contributed by atoms with Crippen molar-refractivity contribution in [3.63, 3.8) is 0 Å². The highest BCUT2D eigenvalue weighted by Crippen LogP contribution is 2.36. The van der Waals surface area contributed by atoms with Gasteiger partial charge in [-0.05, 0) is 48.9 Å². The second kappa shape index (κ2) is 6.55. The van der Waals surface area contributed by atoms with Crippen molar-refractivity contribution in [1.82, 2.24) is 4.90 Å². The van der Waals surface area contributed by atoms with E-state index in [1.165, 1.54) is 16.0 Å². The summed E-state index contributed by atoms with van der Waals surface area (Å²) in [4.78, 5) is 16.0. The van der Waals surface area contributed by atoms with Gasteiger partial charge in [0.05, 0.1) is 6.54 Å². The van der Waals surface area contributed by atoms with E-state index in [0.717, 1.165) is 23.2 Å². The molecule has 0 bridgehead atoms. The number of carbonyl (C=O) groups is 1. The molecule has 1 aromatic carbocycles. The minimum Gasteiger partial charge on any atom is -0.304 e. The highest BCUT2D eigenvalue weighted by atomic mass is 32.1. The summed E-state index contributed by atoms with van der Waals surface area (Å²) in [5.41, 5.74) is 5.44. The van der Waals surface area contributed by atoms with E-state index in [0.29, 0.717) is 6.54 Å². The first-order valence-electron chi connectivity index (χ1n) is 8.00. The molecule has 0 fully saturated rings. The zero-order valence-corrected chi connectivity index (χ0v) is 14.6. The number of hydrogen-bond acceptors (Lipinski definition) is 2. The maximum Gasteiger partial charge on any atom is 0.259 e. The molecule has 1 aliphatic rings. The number of benzene rings is 1. The van der Waals surface area contributed by atoms with E-state index in [2.05, 4.69) is 31.4 Å². The van der Waals surface area contributed by atoms with Gasteiger partial charge in [-0.2, -0.15) is 0 Å². The maximum absolute atomic E-state index is 12.8. The number of carbonyl (C=O) groups excluding carboxylic acids is 1. The highest BCUT2D eigenvalue weighted by molar-refractivity contribution is 7.11. The highest BCUT2D eigenvalue weighted by Gasteiger charge is 2.31. The van der Waals surface area contributed by atoms with Crippen molar-refractivity contribution >= 4 is 28.5 Å². The smallest absolute Gasteiger partial charge is 0.259 e. The quantitative estimate of drug-likeness (QED) is 0.719. The Kier molecular flexibility index (Phi) is 4.49. The Balaban J connectivity index is 1.97. The topological polar surface area (TPSA) is 20.3 Å². The van der Waals surface area contributed by atoms with Crippen molar-refractivity contribution < 1.29 is 4.79 Å². The molecule has 1 aliphatic heterocycles. The first-order valence-corrected chi connectivity index (χ1v) is 8.88. The second-order valence-electron chi connectivity index (χ2n) is 5.55. The summed E-state index contributed by atoms with van der Waals surface area (Å²) in [6.07, 6.45) is 5.22. The normalized spacial score (nSPS) is 16.3. The average Bonchev–Trinajstić information content (AvgIpc) is 3.13. The fourth-order valence-electron chi connectivity index (χ4n) is 3.17. The van der Waals surface area contributed by atoms with Gasteiger partial charge in [-0.15, -0.1) is 11.3 Å². The predicted molar refractivity (Wildman–Crippen MR) is 98.2 cm³/mol. The average molecular weight is 323 g/mol. The van der Waals surface area contributed by atoms with Crippen LogP contribution in [-0.2, 0) is 6.54 Å². The third-order valence-corrected chi connectivity index (χ3v) is 5.37. The largest absolute Gasteiger partial charge is 0.304 e. The van der Waals surface area contributed by atoms with Gasteiger partial charge in [0, 0.05) is 21.7 Å². The van der Waals surface area contributed by atoms with Crippen LogP contribution in [0.4, 0.5) is 0 Å². The number of nitrogens with zero attached hydrogens (tertiary/aromatic N) is 1. The molecule has 0 saturated carbocycles. The minimum absolute atomic E-state index is 0.101. The molecule has 3 heteroatoms. The fourth-order valence-corrected chi connectivity index (χ4v) is 4.24. The Morgan fingerprint density at radius 1 is 1.17 bits per heavy atom. The van der Waals surface area contributed by atoms with Crippen LogP contribution in [0.2, 0.25) is 0 Å². The Bertz CT molecular complexity index is 797. The van der Waals surface area contributed by atoms with Crippen LogP contribution >= 0.6 is 11.3 Å². The maximum atomic E-state index is 12.8. The Morgan fingerprint density at radius 2 is 1.91 bits per heavy atom. The molecule has 0 atom stereocenters. The van der Waals surface area contributed by atoms with Crippen molar-refractivity contribution in [2.45, 2.75) is 33.7 Å². The number of thiophene rings is 1. The van der Waals surface area contributed by atoms with E-state index in [1.54, 1.807) is 11.3 Å². The van der Waals surface area contributed by atoms with Gasteiger partial charge in [-0.25, -0.2) is 0 Å². The summed E-state index contributed by atoms with van der Waals surface area (Å²) < 4.78 is 0. The molecule has 2 aromatic rings. The lowest BCUT2D eigenvalue weighted by Crippen LogP contribution is -2.22. The third-order valence-electron chi connectivity index (χ3n) is 4.34. The SMILES string of the molecule is C/C=C(\CC)c1sccc1CN1C(=O)c2ccccc2/C1=C\C. The van der Waals surface area contributed by atoms with Gasteiger partial charge in [-0.1, -0.05) is 37.3 Å². The van der Waals surface area contributed by atoms with Crippen molar-refractivity contribution in [2.24, 2.45) is 0 Å². The van der Waals surface area contributed by atoms with E-state index in [4.69, 9.17) is 0 Å². The third kappa shape index (κ3) is 2.66. The minimum atomic E-state index is 0.101. The van der Waals surface area contributed by atoms with Gasteiger partial charge in [0.2, 0.25) is 0 Å². The number of fused-ring (bicyclic) bond motifs is 1. The van der Waals surface area contributed by atoms with E-state index < -0.39 is 0 Å². The Hall–Kier alpha value is -2.13. The molecule has 118 valence electrons. The molecule has 0 N–H and O–H groups in total. The Labute approximate surface area is 141 Å². The first kappa shape index (κ1) is 15.8. The first-order chi connectivity index (χ1) is 11.2. The number of allylic oxidation sites excluding steroid dienone is 3. The Morgan fingerprint density at radius 3 is 2.57 bits per heavy atom. The van der Waals surface area contributed by atoms with Gasteiger partial charge >= 0.3 is 0 Å². The molecule has 0 unspecified atom stereocenters. The fraction of sp³-hybridized carbons (Fsp3) is 0.250. The molecule has 0 aliphatic carbocycles. The molecule has 0 saturated heterocycles. The summed E-state index contributed by atoms with van der Waals surface area (Å²) in [7, 11) is 0. The molecule has 1 aromatic heterocycles. The number of rotatable bonds is 4. The van der Waals surface area contributed by atoms with Crippen LogP contribution in [0.5, 0.6) is 0 Å². The molecular formula is C20H21NOS. The van der Waals surface area contributed by atoms with Crippen molar-refractivity contribution in [1.29, 1.82) is 0 Å². The van der Waals surface area contributed by atoms with Gasteiger partial charge in [-0.3, -0.25) is 4.79 Å². The van der Waals surface area contributed by atoms with Crippen LogP contribution < -0.4 is 0 Å². The molecule has 0 radical (unpaired) electrons. The summed E-state index contributed by atoms with van der Waals surface area (Å²) in [5, 5.41) is 2.12. The number of amides is 1. The molecule has 0 spiro atoms. The van der Waals surface area contributed by atoms with E-state index in [9.17, 15) is 4.79 Å². The van der Waals surface area contributed by atoms with Crippen LogP contribution in [0.15, 0.2) is 47.9 Å². The summed E-state index contributed by atoms with van der Waals surface area (Å²) in [6.45, 7) is 6.88. The zero-order chi connectivity index (χ0) is 16.4. The zero-order valence-electron chi connectivity index (χ0n) is 13.8. The van der Waals surface area contributed by atoms with Crippen LogP contribution in [0.3, 0.4) is 0 Å². The lowest BCUT2D eigenvalue weighted by Gasteiger charge is -2.19. The second-order valence-corrected chi connectivity index (χ2v) is 6.47. The van der Waals surface area contributed by atoms with Crippen molar-refractivity contribution in [3.05, 3.63) is 69.4 Å². The lowest BCUT2D eigenvalue weighted by atomic mass is 10.1. The van der Waals surface area contributed by atoms with Crippen molar-refractivity contribution in [3.8, 4) is 0 Å². The standard InChI is InChI=1S/C20H21NOS/c1-4-14(5-2)19-15(11-12-23-19)13-21-18(6-3)16-9-7-8-10-17(16)20(21)22/h4,6-12H,5,13H2,1-3H3/b14-4+,18-6+. The summed E-state index contributed by atoms with van der Waals surface area (Å²) in [6, 6.07) is 10.0. The van der Waals surface area contributed by atoms with Gasteiger partial charge in [0.15, 0.2) is 0 Å². The van der Waals surface area contributed by atoms with Crippen LogP contribution in [-0.4, -0.2) is 10.8 Å². The van der Waals surface area contributed by atoms with Crippen molar-refractivity contribution in [2.75, 3.05) is 0 Å². The summed E-state index contributed by atoms with van der Waals surface area (Å²) in [5.74, 6) is 0.101. The van der Waals surface area contributed by atoms with Crippen LogP contribution in [0.1, 0.15) is 53.6 Å². The monoisotopic (exact) mass is 323 g/mol. The molecule has 3 rings (SSSR count). The van der Waals surface area contributed by atoms with Gasteiger partial charge in [0.25, 0.3) is 5.91 Å². The van der Waals surface area contributed by atoms with E-state index >= 15 is 0 Å². The lowest BCUT2D eigenvalue weighted by molar-refractivity contribution is 0.0843. The molecule has 2 nitrogen and oxygen atoms in total. The molecular weight excluding hydrogens is 302 g/mol. The van der Waals surface area contributed by atoms with Gasteiger partial charge in [0.1, 0.15) is 0 Å². The summed E-state index contributed by atoms with van der Waals surface area (Å²) >= 11 is 1.76. The molecule has 23 heavy (non-hydrogen) atoms. The van der Waals surface area contributed by atoms with Crippen LogP contribution in [0, 0.1) is 0 Å². The van der Waals surface area contributed by atoms with E-state index in [-0.39, 0.29) is 5.91 Å². The van der Waals surface area contributed by atoms with Crippen LogP contribution in [0.25, 0.3) is 11.3 Å². The molecule has 1 amide bonds. The number of hydrogen-bond donors (Lipinski definition) is 0. The van der Waals surface area contributed by atoms with Gasteiger partial charge < -0.3 is 4.90 Å².